The van der Waals surface area contributed by atoms with Crippen molar-refractivity contribution in [3.05, 3.63) is 259 Å². The molecule has 4 atom stereocenters. The Bertz CT molecular complexity index is 4200. The van der Waals surface area contributed by atoms with Crippen molar-refractivity contribution in [3.8, 4) is 72.8 Å². The molecule has 0 amide bonds. The minimum absolute atomic E-state index is 0.0679. The summed E-state index contributed by atoms with van der Waals surface area (Å²) in [6.07, 6.45) is 9.25. The molecular weight excluding hydrogens is 1020 g/mol. The molecule has 4 nitrogen and oxygen atoms in total. The molecule has 84 heavy (non-hydrogen) atoms. The second kappa shape index (κ2) is 19.6. The van der Waals surface area contributed by atoms with Crippen LogP contribution >= 0.6 is 0 Å². The van der Waals surface area contributed by atoms with Crippen molar-refractivity contribution >= 4 is 50.0 Å². The lowest BCUT2D eigenvalue weighted by Crippen LogP contribution is -2.54. The minimum atomic E-state index is -0.118. The van der Waals surface area contributed by atoms with Gasteiger partial charge in [0.25, 0.3) is 0 Å². The van der Waals surface area contributed by atoms with Crippen LogP contribution in [0.15, 0.2) is 231 Å². The predicted molar refractivity (Wildman–Crippen MR) is 351 cm³/mol. The maximum Gasteiger partial charge on any atom is 0.187 e. The van der Waals surface area contributed by atoms with Crippen LogP contribution in [0, 0.1) is 17.9 Å². The van der Waals surface area contributed by atoms with Gasteiger partial charge < -0.3 is 9.80 Å². The molecule has 2 heterocycles. The standard InChI is InChI=1S/C80H66N4/c1-77-44-12-14-46-79(77,3)83(65-36-20-53(52-81)21-37-65)73-42-32-62(50-71(73)77)60-30-40-67-69(48-60)75(58-26-22-56(23-27-58)54-16-8-6-9-17-54)68-41-31-61(49-70(68)76(67)59-28-24-57(25-29-59)55-18-10-7-11-19-55)63-33-43-74-72(51-63)78(2)45-13-15-47-80(78,4)84(74)66-38-34-64(82-5)35-39-66/h6-11,16-43,48-51H,12-15,44-47H2,1-4H3. The third kappa shape index (κ3) is 7.77. The molecule has 2 aliphatic heterocycles. The van der Waals surface area contributed by atoms with Crippen molar-refractivity contribution in [2.24, 2.45) is 0 Å². The van der Waals surface area contributed by atoms with E-state index in [0.717, 1.165) is 37.1 Å². The van der Waals surface area contributed by atoms with Gasteiger partial charge in [-0.05, 0) is 212 Å². The van der Waals surface area contributed by atoms with Crippen LogP contribution in [0.5, 0.6) is 0 Å². The molecule has 2 aliphatic carbocycles. The van der Waals surface area contributed by atoms with Crippen LogP contribution in [-0.4, -0.2) is 11.1 Å². The van der Waals surface area contributed by atoms with Crippen molar-refractivity contribution in [2.45, 2.75) is 101 Å². The molecule has 11 aromatic rings. The van der Waals surface area contributed by atoms with Gasteiger partial charge in [-0.25, -0.2) is 4.85 Å². The zero-order valence-electron chi connectivity index (χ0n) is 48.4. The first-order valence-electron chi connectivity index (χ1n) is 30.2. The number of nitriles is 1. The first kappa shape index (κ1) is 51.4. The topological polar surface area (TPSA) is 34.6 Å². The first-order chi connectivity index (χ1) is 41.0. The molecule has 0 radical (unpaired) electrons. The van der Waals surface area contributed by atoms with E-state index in [-0.39, 0.29) is 21.9 Å². The molecule has 0 bridgehead atoms. The molecule has 4 unspecified atom stereocenters. The maximum absolute atomic E-state index is 9.74. The number of fused-ring (bicyclic) bond motifs is 8. The van der Waals surface area contributed by atoms with Crippen LogP contribution in [0.2, 0.25) is 0 Å². The lowest BCUT2D eigenvalue weighted by molar-refractivity contribution is 0.195. The molecule has 2 saturated carbocycles. The maximum atomic E-state index is 9.74. The highest BCUT2D eigenvalue weighted by Gasteiger charge is 2.59. The molecule has 11 aromatic carbocycles. The monoisotopic (exact) mass is 1080 g/mol. The molecule has 4 aliphatic rings. The van der Waals surface area contributed by atoms with Gasteiger partial charge in [0.1, 0.15) is 0 Å². The average molecular weight is 1080 g/mol. The van der Waals surface area contributed by atoms with Gasteiger partial charge >= 0.3 is 0 Å². The van der Waals surface area contributed by atoms with Crippen LogP contribution in [0.25, 0.3) is 93.2 Å². The number of benzene rings is 11. The van der Waals surface area contributed by atoms with E-state index in [1.807, 2.05) is 24.3 Å². The van der Waals surface area contributed by atoms with E-state index in [1.54, 1.807) is 0 Å². The number of rotatable bonds is 8. The van der Waals surface area contributed by atoms with Gasteiger partial charge in [0.05, 0.1) is 29.3 Å². The quantitative estimate of drug-likeness (QED) is 0.112. The number of hydrogen-bond donors (Lipinski definition) is 0. The van der Waals surface area contributed by atoms with E-state index in [4.69, 9.17) is 6.57 Å². The lowest BCUT2D eigenvalue weighted by Gasteiger charge is -2.50. The Balaban J connectivity index is 0.945. The molecule has 0 saturated heterocycles. The molecule has 4 heteroatoms. The summed E-state index contributed by atoms with van der Waals surface area (Å²) in [4.78, 5) is 8.94. The average Bonchev–Trinajstić information content (AvgIpc) is 3.34. The lowest BCUT2D eigenvalue weighted by atomic mass is 9.61. The fourth-order valence-electron chi connectivity index (χ4n) is 16.1. The normalized spacial score (nSPS) is 21.3. The van der Waals surface area contributed by atoms with Crippen molar-refractivity contribution in [2.75, 3.05) is 9.80 Å². The second-order valence-electron chi connectivity index (χ2n) is 25.2. The SMILES string of the molecule is [C-]#[N+]c1ccc(N2c3ccc(-c4ccc5c(-c6ccc(-c7ccccc7)cc6)c6cc(-c7ccc8c(c7)C7(C)CCCCC7(C)N8c7ccc(C#N)cc7)ccc6c(-c6ccc(-c7ccccc7)cc6)c5c4)cc3C3(C)CCCCC23C)cc1. The summed E-state index contributed by atoms with van der Waals surface area (Å²) in [5, 5.41) is 14.6. The second-order valence-corrected chi connectivity index (χ2v) is 25.2. The van der Waals surface area contributed by atoms with E-state index in [0.29, 0.717) is 11.3 Å². The van der Waals surface area contributed by atoms with E-state index in [2.05, 4.69) is 255 Å². The summed E-state index contributed by atoms with van der Waals surface area (Å²) in [5.74, 6) is 0. The van der Waals surface area contributed by atoms with Gasteiger partial charge in [-0.1, -0.05) is 197 Å². The summed E-state index contributed by atoms with van der Waals surface area (Å²) < 4.78 is 0. The molecule has 406 valence electrons. The Morgan fingerprint density at radius 2 is 0.726 bits per heavy atom. The van der Waals surface area contributed by atoms with E-state index >= 15 is 0 Å². The summed E-state index contributed by atoms with van der Waals surface area (Å²) in [6.45, 7) is 17.7. The van der Waals surface area contributed by atoms with Gasteiger partial charge in [0.15, 0.2) is 5.69 Å². The van der Waals surface area contributed by atoms with Gasteiger partial charge in [-0.3, -0.25) is 0 Å². The van der Waals surface area contributed by atoms with Crippen LogP contribution in [-0.2, 0) is 10.8 Å². The van der Waals surface area contributed by atoms with Gasteiger partial charge in [0, 0.05) is 33.6 Å². The van der Waals surface area contributed by atoms with Crippen LogP contribution in [0.4, 0.5) is 28.4 Å². The highest BCUT2D eigenvalue weighted by molar-refractivity contribution is 6.22. The van der Waals surface area contributed by atoms with Gasteiger partial charge in [-0.15, -0.1) is 0 Å². The fourth-order valence-corrected chi connectivity index (χ4v) is 16.1. The Kier molecular flexibility index (Phi) is 12.0. The molecule has 0 aromatic heterocycles. The minimum Gasteiger partial charge on any atom is -0.335 e. The van der Waals surface area contributed by atoms with E-state index in [9.17, 15) is 5.26 Å². The molecule has 0 spiro atoms. The number of anilines is 4. The van der Waals surface area contributed by atoms with Crippen LogP contribution in [0.3, 0.4) is 0 Å². The van der Waals surface area contributed by atoms with Crippen molar-refractivity contribution < 1.29 is 0 Å². The van der Waals surface area contributed by atoms with E-state index in [1.165, 1.54) is 136 Å². The zero-order valence-corrected chi connectivity index (χ0v) is 48.4. The first-order valence-corrected chi connectivity index (χ1v) is 30.2. The third-order valence-electron chi connectivity index (χ3n) is 21.0. The fraction of sp³-hybridized carbons (Fsp3) is 0.200. The Hall–Kier alpha value is -9.48. The molecule has 0 N–H and O–H groups in total. The Morgan fingerprint density at radius 3 is 1.14 bits per heavy atom. The van der Waals surface area contributed by atoms with Gasteiger partial charge in [-0.2, -0.15) is 5.26 Å². The third-order valence-corrected chi connectivity index (χ3v) is 21.0. The largest absolute Gasteiger partial charge is 0.335 e. The Labute approximate surface area is 494 Å². The van der Waals surface area contributed by atoms with Gasteiger partial charge in [0.2, 0.25) is 0 Å². The summed E-state index contributed by atoms with van der Waals surface area (Å²) in [7, 11) is 0. The predicted octanol–water partition coefficient (Wildman–Crippen LogP) is 21.9. The number of nitrogens with zero attached hydrogens (tertiary/aromatic N) is 4. The highest BCUT2D eigenvalue weighted by atomic mass is 15.3. The number of hydrogen-bond acceptors (Lipinski definition) is 3. The zero-order chi connectivity index (χ0) is 57.0. The van der Waals surface area contributed by atoms with Crippen molar-refractivity contribution in [3.63, 3.8) is 0 Å². The van der Waals surface area contributed by atoms with E-state index < -0.39 is 0 Å². The van der Waals surface area contributed by atoms with Crippen molar-refractivity contribution in [1.82, 2.24) is 0 Å². The summed E-state index contributed by atoms with van der Waals surface area (Å²) in [5.41, 5.74) is 23.1. The van der Waals surface area contributed by atoms with Crippen molar-refractivity contribution in [1.29, 1.82) is 5.26 Å². The molecule has 2 fully saturated rings. The molecular formula is C80H66N4. The van der Waals surface area contributed by atoms with Crippen LogP contribution < -0.4 is 9.80 Å². The van der Waals surface area contributed by atoms with Crippen LogP contribution in [0.1, 0.15) is 95.8 Å². The smallest absolute Gasteiger partial charge is 0.187 e. The highest BCUT2D eigenvalue weighted by Crippen LogP contribution is 2.63. The summed E-state index contributed by atoms with van der Waals surface area (Å²) in [6, 6.07) is 87.9. The Morgan fingerprint density at radius 1 is 0.369 bits per heavy atom. The summed E-state index contributed by atoms with van der Waals surface area (Å²) >= 11 is 0. The molecule has 15 rings (SSSR count).